The second-order valence-electron chi connectivity index (χ2n) is 4.55. The molecule has 0 aliphatic rings. The average molecular weight is 259 g/mol. The highest BCUT2D eigenvalue weighted by Gasteiger charge is 2.13. The number of nitrogens with two attached hydrogens (primary N) is 1. The number of anilines is 1. The van der Waals surface area contributed by atoms with Crippen molar-refractivity contribution in [3.05, 3.63) is 29.5 Å². The molecule has 1 aromatic carbocycles. The fraction of sp³-hybridized carbons (Fsp3) is 0.400. The minimum Gasteiger partial charge on any atom is -0.491 e. The topological polar surface area (TPSA) is 60.2 Å². The Morgan fingerprint density at radius 2 is 2.11 bits per heavy atom. The van der Waals surface area contributed by atoms with Crippen molar-refractivity contribution in [1.82, 2.24) is 4.98 Å². The van der Waals surface area contributed by atoms with Crippen LogP contribution in [0, 0.1) is 6.92 Å². The highest BCUT2D eigenvalue weighted by molar-refractivity contribution is 5.96. The molecule has 0 spiro atoms. The van der Waals surface area contributed by atoms with Crippen LogP contribution >= 0.6 is 0 Å². The third-order valence-electron chi connectivity index (χ3n) is 3.25. The second-order valence-corrected chi connectivity index (χ2v) is 4.55. The van der Waals surface area contributed by atoms with Crippen molar-refractivity contribution in [2.45, 2.75) is 33.6 Å². The fourth-order valence-corrected chi connectivity index (χ4v) is 2.34. The number of aromatic nitrogens is 1. The quantitative estimate of drug-likeness (QED) is 0.639. The molecule has 0 atom stereocenters. The number of fused-ring (bicyclic) bond motifs is 1. The number of rotatable bonds is 5. The summed E-state index contributed by atoms with van der Waals surface area (Å²) < 4.78 is 5.77. The fourth-order valence-electron chi connectivity index (χ4n) is 2.34. The van der Waals surface area contributed by atoms with Crippen LogP contribution in [0.5, 0.6) is 5.75 Å². The molecule has 1 heterocycles. The Kier molecular flexibility index (Phi) is 4.22. The largest absolute Gasteiger partial charge is 0.491 e. The zero-order chi connectivity index (χ0) is 13.8. The minimum atomic E-state index is 0.695. The van der Waals surface area contributed by atoms with Crippen LogP contribution in [0.3, 0.4) is 0 Å². The van der Waals surface area contributed by atoms with E-state index in [1.807, 2.05) is 25.1 Å². The van der Waals surface area contributed by atoms with Crippen LogP contribution in [0.2, 0.25) is 0 Å². The van der Waals surface area contributed by atoms with Gasteiger partial charge in [0, 0.05) is 11.1 Å². The lowest BCUT2D eigenvalue weighted by Crippen LogP contribution is -2.12. The number of hydrazine groups is 1. The van der Waals surface area contributed by atoms with Gasteiger partial charge in [0.05, 0.1) is 12.3 Å². The van der Waals surface area contributed by atoms with E-state index in [9.17, 15) is 0 Å². The molecule has 4 heteroatoms. The Morgan fingerprint density at radius 3 is 2.74 bits per heavy atom. The van der Waals surface area contributed by atoms with E-state index in [-0.39, 0.29) is 0 Å². The van der Waals surface area contributed by atoms with Crippen LogP contribution in [0.1, 0.15) is 31.5 Å². The number of nitrogen functional groups attached to an aromatic ring is 1. The van der Waals surface area contributed by atoms with E-state index >= 15 is 0 Å². The van der Waals surface area contributed by atoms with Crippen molar-refractivity contribution in [2.75, 3.05) is 12.0 Å². The molecule has 1 aromatic heterocycles. The van der Waals surface area contributed by atoms with Gasteiger partial charge in [0.15, 0.2) is 0 Å². The maximum Gasteiger partial charge on any atom is 0.145 e. The van der Waals surface area contributed by atoms with Gasteiger partial charge >= 0.3 is 0 Å². The van der Waals surface area contributed by atoms with Gasteiger partial charge in [0.1, 0.15) is 11.3 Å². The number of nitrogens with one attached hydrogen (secondary N) is 1. The third kappa shape index (κ3) is 2.49. The lowest BCUT2D eigenvalue weighted by molar-refractivity contribution is 0.320. The normalized spacial score (nSPS) is 10.7. The summed E-state index contributed by atoms with van der Waals surface area (Å²) in [5.74, 6) is 6.51. The first kappa shape index (κ1) is 13.6. The van der Waals surface area contributed by atoms with Gasteiger partial charge in [0.2, 0.25) is 0 Å². The van der Waals surface area contributed by atoms with Crippen molar-refractivity contribution in [3.8, 4) is 5.75 Å². The summed E-state index contributed by atoms with van der Waals surface area (Å²) in [6, 6.07) is 5.95. The monoisotopic (exact) mass is 259 g/mol. The molecule has 4 nitrogen and oxygen atoms in total. The van der Waals surface area contributed by atoms with Crippen molar-refractivity contribution < 1.29 is 4.74 Å². The zero-order valence-corrected chi connectivity index (χ0v) is 11.8. The zero-order valence-electron chi connectivity index (χ0n) is 11.8. The van der Waals surface area contributed by atoms with E-state index in [0.717, 1.165) is 46.4 Å². The smallest absolute Gasteiger partial charge is 0.145 e. The molecule has 0 amide bonds. The van der Waals surface area contributed by atoms with Crippen LogP contribution in [0.15, 0.2) is 18.2 Å². The van der Waals surface area contributed by atoms with E-state index < -0.39 is 0 Å². The Bertz CT molecular complexity index is 581. The van der Waals surface area contributed by atoms with Crippen LogP contribution in [0.4, 0.5) is 5.69 Å². The summed E-state index contributed by atoms with van der Waals surface area (Å²) in [5, 5.41) is 1.01. The molecular weight excluding hydrogens is 238 g/mol. The summed E-state index contributed by atoms with van der Waals surface area (Å²) in [6.45, 7) is 6.90. The molecule has 0 aliphatic heterocycles. The van der Waals surface area contributed by atoms with Crippen molar-refractivity contribution in [3.63, 3.8) is 0 Å². The predicted octanol–water partition coefficient (Wildman–Crippen LogP) is 3.18. The number of para-hydroxylation sites is 1. The molecule has 3 N–H and O–H groups in total. The Balaban J connectivity index is 2.67. The van der Waals surface area contributed by atoms with Gasteiger partial charge in [-0.3, -0.25) is 5.84 Å². The minimum absolute atomic E-state index is 0.695. The molecule has 19 heavy (non-hydrogen) atoms. The van der Waals surface area contributed by atoms with Gasteiger partial charge in [-0.25, -0.2) is 4.98 Å². The molecule has 0 bridgehead atoms. The molecule has 0 aliphatic carbocycles. The molecule has 2 aromatic rings. The molecular formula is C15H21N3O. The van der Waals surface area contributed by atoms with Gasteiger partial charge < -0.3 is 10.2 Å². The van der Waals surface area contributed by atoms with E-state index in [2.05, 4.69) is 24.3 Å². The second kappa shape index (κ2) is 5.89. The number of pyridine rings is 1. The standard InChI is InChI=1S/C15H21N3O/c1-4-9-19-13-8-6-7-12-14(18-16)11(5-2)10(3)17-15(12)13/h6-8H,4-5,9,16H2,1-3H3,(H,17,18). The van der Waals surface area contributed by atoms with Gasteiger partial charge in [-0.2, -0.15) is 0 Å². The van der Waals surface area contributed by atoms with Gasteiger partial charge in [0.25, 0.3) is 0 Å². The molecule has 0 fully saturated rings. The molecule has 0 unspecified atom stereocenters. The van der Waals surface area contributed by atoms with Crippen LogP contribution in [0.25, 0.3) is 10.9 Å². The lowest BCUT2D eigenvalue weighted by atomic mass is 10.0. The maximum absolute atomic E-state index is 5.77. The molecule has 2 rings (SSSR count). The van der Waals surface area contributed by atoms with E-state index in [1.54, 1.807) is 0 Å². The van der Waals surface area contributed by atoms with E-state index in [4.69, 9.17) is 10.6 Å². The number of benzene rings is 1. The highest BCUT2D eigenvalue weighted by atomic mass is 16.5. The highest BCUT2D eigenvalue weighted by Crippen LogP contribution is 2.33. The number of hydrogen-bond acceptors (Lipinski definition) is 4. The van der Waals surface area contributed by atoms with Gasteiger partial charge in [-0.15, -0.1) is 0 Å². The summed E-state index contributed by atoms with van der Waals surface area (Å²) in [6.07, 6.45) is 1.87. The van der Waals surface area contributed by atoms with E-state index in [0.29, 0.717) is 6.61 Å². The molecule has 102 valence electrons. The molecule has 0 saturated carbocycles. The first-order valence-electron chi connectivity index (χ1n) is 6.74. The predicted molar refractivity (Wildman–Crippen MR) is 79.5 cm³/mol. The Morgan fingerprint density at radius 1 is 1.32 bits per heavy atom. The van der Waals surface area contributed by atoms with Crippen LogP contribution in [-0.2, 0) is 6.42 Å². The molecule has 0 saturated heterocycles. The first-order valence-corrected chi connectivity index (χ1v) is 6.74. The Hall–Kier alpha value is -1.81. The number of nitrogens with zero attached hydrogens (tertiary/aromatic N) is 1. The summed E-state index contributed by atoms with van der Waals surface area (Å²) >= 11 is 0. The van der Waals surface area contributed by atoms with Gasteiger partial charge in [-0.05, 0) is 31.4 Å². The number of ether oxygens (including phenoxy) is 1. The van der Waals surface area contributed by atoms with Gasteiger partial charge in [-0.1, -0.05) is 26.0 Å². The summed E-state index contributed by atoms with van der Waals surface area (Å²) in [7, 11) is 0. The van der Waals surface area contributed by atoms with Crippen LogP contribution < -0.4 is 16.0 Å². The Labute approximate surface area is 113 Å². The lowest BCUT2D eigenvalue weighted by Gasteiger charge is -2.15. The van der Waals surface area contributed by atoms with Crippen molar-refractivity contribution in [1.29, 1.82) is 0 Å². The summed E-state index contributed by atoms with van der Waals surface area (Å²) in [5.41, 5.74) is 6.79. The van der Waals surface area contributed by atoms with E-state index in [1.165, 1.54) is 0 Å². The van der Waals surface area contributed by atoms with Crippen molar-refractivity contribution in [2.24, 2.45) is 5.84 Å². The number of hydrogen-bond donors (Lipinski definition) is 2. The maximum atomic E-state index is 5.77. The number of aryl methyl sites for hydroxylation is 1. The SMILES string of the molecule is CCCOc1cccc2c(NN)c(CC)c(C)nc12. The average Bonchev–Trinajstić information content (AvgIpc) is 2.43. The van der Waals surface area contributed by atoms with Crippen molar-refractivity contribution >= 4 is 16.6 Å². The third-order valence-corrected chi connectivity index (χ3v) is 3.25. The first-order chi connectivity index (χ1) is 9.22. The van der Waals surface area contributed by atoms with Crippen LogP contribution in [-0.4, -0.2) is 11.6 Å². The summed E-state index contributed by atoms with van der Waals surface area (Å²) in [4.78, 5) is 4.69. The molecule has 0 radical (unpaired) electrons.